The monoisotopic (exact) mass is 122 g/mol. The van der Waals surface area contributed by atoms with E-state index in [1.807, 2.05) is 0 Å². The van der Waals surface area contributed by atoms with E-state index >= 15 is 0 Å². The number of hydrogen-bond acceptors (Lipinski definition) is 1. The number of rotatable bonds is 4. The minimum atomic E-state index is -0.114. The molecular formula is C8H10O. The van der Waals surface area contributed by atoms with Crippen molar-refractivity contribution in [3.63, 3.8) is 0 Å². The molecule has 0 unspecified atom stereocenters. The summed E-state index contributed by atoms with van der Waals surface area (Å²) < 4.78 is 0. The van der Waals surface area contributed by atoms with Gasteiger partial charge in [-0.1, -0.05) is 6.08 Å². The predicted octanol–water partition coefficient (Wildman–Crippen LogP) is 1.54. The molecule has 1 nitrogen and oxygen atoms in total. The van der Waals surface area contributed by atoms with Crippen LogP contribution in [0.4, 0.5) is 0 Å². The molecule has 0 aliphatic heterocycles. The van der Waals surface area contributed by atoms with Gasteiger partial charge in [-0.25, -0.2) is 0 Å². The summed E-state index contributed by atoms with van der Waals surface area (Å²) in [5, 5.41) is 0. The van der Waals surface area contributed by atoms with Crippen molar-refractivity contribution in [3.8, 4) is 12.3 Å². The number of carbonyl (C=O) groups excluding carboxylic acids is 1. The molecule has 0 radical (unpaired) electrons. The highest BCUT2D eigenvalue weighted by Crippen LogP contribution is 1.95. The smallest absolute Gasteiger partial charge is 0.205 e. The van der Waals surface area contributed by atoms with Gasteiger partial charge in [-0.05, 0) is 18.8 Å². The zero-order valence-electron chi connectivity index (χ0n) is 5.39. The molecule has 0 aliphatic carbocycles. The summed E-state index contributed by atoms with van der Waals surface area (Å²) in [6.45, 7) is 3.52. The largest absolute Gasteiger partial charge is 0.285 e. The zero-order valence-corrected chi connectivity index (χ0v) is 5.39. The molecule has 0 aromatic carbocycles. The molecule has 1 heteroatoms. The fourth-order valence-electron chi connectivity index (χ4n) is 0.479. The lowest BCUT2D eigenvalue weighted by Gasteiger charge is -1.87. The number of ketones is 1. The van der Waals surface area contributed by atoms with Crippen LogP contribution in [0.5, 0.6) is 0 Å². The first-order valence-electron chi connectivity index (χ1n) is 2.91. The van der Waals surface area contributed by atoms with E-state index in [2.05, 4.69) is 12.5 Å². The van der Waals surface area contributed by atoms with Gasteiger partial charge in [0.1, 0.15) is 0 Å². The van der Waals surface area contributed by atoms with Crippen molar-refractivity contribution in [1.82, 2.24) is 0 Å². The van der Waals surface area contributed by atoms with Crippen LogP contribution < -0.4 is 0 Å². The number of allylic oxidation sites excluding steroid dienone is 1. The summed E-state index contributed by atoms with van der Waals surface area (Å²) in [6.07, 6.45) is 8.79. The summed E-state index contributed by atoms with van der Waals surface area (Å²) in [4.78, 5) is 10.4. The highest BCUT2D eigenvalue weighted by atomic mass is 16.1. The molecule has 0 fully saturated rings. The van der Waals surface area contributed by atoms with Crippen molar-refractivity contribution in [3.05, 3.63) is 12.7 Å². The molecule has 0 aliphatic rings. The molecule has 0 N–H and O–H groups in total. The molecule has 0 amide bonds. The van der Waals surface area contributed by atoms with Crippen LogP contribution in [-0.4, -0.2) is 5.78 Å². The van der Waals surface area contributed by atoms with Gasteiger partial charge >= 0.3 is 0 Å². The predicted molar refractivity (Wildman–Crippen MR) is 37.9 cm³/mol. The quantitative estimate of drug-likeness (QED) is 0.239. The van der Waals surface area contributed by atoms with Gasteiger partial charge in [0, 0.05) is 6.42 Å². The second-order valence-electron chi connectivity index (χ2n) is 1.75. The van der Waals surface area contributed by atoms with Gasteiger partial charge in [-0.15, -0.1) is 13.0 Å². The third kappa shape index (κ3) is 4.83. The van der Waals surface area contributed by atoms with Crippen molar-refractivity contribution in [2.24, 2.45) is 0 Å². The summed E-state index contributed by atoms with van der Waals surface area (Å²) in [7, 11) is 0. The van der Waals surface area contributed by atoms with Crippen LogP contribution in [-0.2, 0) is 4.79 Å². The molecular weight excluding hydrogens is 112 g/mol. The van der Waals surface area contributed by atoms with Crippen LogP contribution in [0.25, 0.3) is 0 Å². The second-order valence-corrected chi connectivity index (χ2v) is 1.75. The Morgan fingerprint density at radius 1 is 1.78 bits per heavy atom. The number of carbonyl (C=O) groups is 1. The Kier molecular flexibility index (Phi) is 4.53. The maximum atomic E-state index is 10.4. The van der Waals surface area contributed by atoms with Crippen LogP contribution in [0.15, 0.2) is 12.7 Å². The van der Waals surface area contributed by atoms with Gasteiger partial charge in [0.2, 0.25) is 5.78 Å². The normalized spacial score (nSPS) is 7.89. The third-order valence-corrected chi connectivity index (χ3v) is 0.973. The third-order valence-electron chi connectivity index (χ3n) is 0.973. The molecule has 0 saturated carbocycles. The van der Waals surface area contributed by atoms with Gasteiger partial charge in [0.25, 0.3) is 0 Å². The molecule has 0 saturated heterocycles. The Balaban J connectivity index is 3.19. The van der Waals surface area contributed by atoms with Crippen LogP contribution in [0, 0.1) is 12.3 Å². The van der Waals surface area contributed by atoms with Gasteiger partial charge in [-0.2, -0.15) is 0 Å². The Morgan fingerprint density at radius 2 is 2.44 bits per heavy atom. The minimum absolute atomic E-state index is 0.114. The second kappa shape index (κ2) is 5.11. The van der Waals surface area contributed by atoms with Crippen LogP contribution in [0.3, 0.4) is 0 Å². The van der Waals surface area contributed by atoms with Crippen molar-refractivity contribution in [2.75, 3.05) is 0 Å². The van der Waals surface area contributed by atoms with Gasteiger partial charge in [0.15, 0.2) is 0 Å². The van der Waals surface area contributed by atoms with Crippen LogP contribution in [0.2, 0.25) is 0 Å². The van der Waals surface area contributed by atoms with Crippen LogP contribution in [0.1, 0.15) is 19.3 Å². The number of hydrogen-bond donors (Lipinski definition) is 0. The lowest BCUT2D eigenvalue weighted by Crippen LogP contribution is -1.90. The van der Waals surface area contributed by atoms with E-state index in [1.54, 1.807) is 6.08 Å². The van der Waals surface area contributed by atoms with E-state index < -0.39 is 0 Å². The molecule has 0 spiro atoms. The molecule has 0 rings (SSSR count). The van der Waals surface area contributed by atoms with E-state index in [4.69, 9.17) is 6.42 Å². The van der Waals surface area contributed by atoms with E-state index in [-0.39, 0.29) is 5.78 Å². The number of terminal acetylenes is 1. The van der Waals surface area contributed by atoms with Crippen molar-refractivity contribution in [1.29, 1.82) is 0 Å². The molecule has 48 valence electrons. The van der Waals surface area contributed by atoms with Crippen molar-refractivity contribution < 1.29 is 4.79 Å². The average molecular weight is 122 g/mol. The first kappa shape index (κ1) is 7.97. The highest BCUT2D eigenvalue weighted by Gasteiger charge is 1.92. The highest BCUT2D eigenvalue weighted by molar-refractivity contribution is 5.94. The SMILES string of the molecule is C#CC(=O)CCCC=C. The van der Waals surface area contributed by atoms with E-state index in [0.29, 0.717) is 6.42 Å². The Bertz CT molecular complexity index is 139. The topological polar surface area (TPSA) is 17.1 Å². The summed E-state index contributed by atoms with van der Waals surface area (Å²) >= 11 is 0. The summed E-state index contributed by atoms with van der Waals surface area (Å²) in [6, 6.07) is 0. The van der Waals surface area contributed by atoms with Crippen molar-refractivity contribution >= 4 is 5.78 Å². The maximum Gasteiger partial charge on any atom is 0.205 e. The van der Waals surface area contributed by atoms with Crippen molar-refractivity contribution in [2.45, 2.75) is 19.3 Å². The standard InChI is InChI=1S/C8H10O/c1-3-5-6-7-8(9)4-2/h2-3H,1,5-7H2. The minimum Gasteiger partial charge on any atom is -0.285 e. The Morgan fingerprint density at radius 3 is 2.89 bits per heavy atom. The van der Waals surface area contributed by atoms with Gasteiger partial charge in [-0.3, -0.25) is 4.79 Å². The maximum absolute atomic E-state index is 10.4. The first-order chi connectivity index (χ1) is 4.31. The molecule has 0 aromatic heterocycles. The van der Waals surface area contributed by atoms with Gasteiger partial charge < -0.3 is 0 Å². The summed E-state index contributed by atoms with van der Waals surface area (Å²) in [5.74, 6) is 1.94. The molecule has 0 aromatic rings. The van der Waals surface area contributed by atoms with Crippen LogP contribution >= 0.6 is 0 Å². The summed E-state index contributed by atoms with van der Waals surface area (Å²) in [5.41, 5.74) is 0. The lowest BCUT2D eigenvalue weighted by molar-refractivity contribution is -0.113. The molecule has 9 heavy (non-hydrogen) atoms. The molecule has 0 bridgehead atoms. The number of unbranched alkanes of at least 4 members (excludes halogenated alkanes) is 1. The van der Waals surface area contributed by atoms with Gasteiger partial charge in [0.05, 0.1) is 0 Å². The first-order valence-corrected chi connectivity index (χ1v) is 2.91. The zero-order chi connectivity index (χ0) is 7.11. The van der Waals surface area contributed by atoms with E-state index in [0.717, 1.165) is 12.8 Å². The average Bonchev–Trinajstić information content (AvgIpc) is 1.89. The fraction of sp³-hybridized carbons (Fsp3) is 0.375. The Labute approximate surface area is 55.8 Å². The van der Waals surface area contributed by atoms with E-state index in [9.17, 15) is 4.79 Å². The molecule has 0 heterocycles. The lowest BCUT2D eigenvalue weighted by atomic mass is 10.2. The van der Waals surface area contributed by atoms with E-state index in [1.165, 1.54) is 0 Å². The number of Topliss-reactive ketones (excluding diaryl/α,β-unsaturated/α-hetero) is 1. The Hall–Kier alpha value is -1.03. The fourth-order valence-corrected chi connectivity index (χ4v) is 0.479. The molecule has 0 atom stereocenters.